The highest BCUT2D eigenvalue weighted by atomic mass is 15.0. The first-order valence-corrected chi connectivity index (χ1v) is 5.14. The quantitative estimate of drug-likeness (QED) is 0.729. The molecular formula is C13H16N2. The van der Waals surface area contributed by atoms with E-state index in [9.17, 15) is 0 Å². The minimum absolute atomic E-state index is 0.0253. The lowest BCUT2D eigenvalue weighted by molar-refractivity contribution is 0.620. The Kier molecular flexibility index (Phi) is 2.35. The lowest BCUT2D eigenvalue weighted by Gasteiger charge is -2.22. The molecule has 0 radical (unpaired) electrons. The summed E-state index contributed by atoms with van der Waals surface area (Å²) in [7, 11) is 2.00. The minimum atomic E-state index is -0.0253. The summed E-state index contributed by atoms with van der Waals surface area (Å²) in [4.78, 5) is 4.43. The number of benzene rings is 1. The fraction of sp³-hybridized carbons (Fsp3) is 0.308. The zero-order chi connectivity index (χ0) is 10.9. The van der Waals surface area contributed by atoms with Crippen LogP contribution >= 0.6 is 0 Å². The van der Waals surface area contributed by atoms with Gasteiger partial charge in [-0.15, -0.1) is 0 Å². The summed E-state index contributed by atoms with van der Waals surface area (Å²) in [5, 5.41) is 0. The van der Waals surface area contributed by atoms with Crippen LogP contribution in [0.5, 0.6) is 0 Å². The molecule has 1 aromatic carbocycles. The van der Waals surface area contributed by atoms with E-state index in [1.54, 1.807) is 0 Å². The number of hydrogen-bond donors (Lipinski definition) is 0. The zero-order valence-corrected chi connectivity index (χ0v) is 9.44. The average Bonchev–Trinajstić information content (AvgIpc) is 2.67. The molecule has 0 saturated carbocycles. The number of aryl methyl sites for hydroxylation is 1. The van der Waals surface area contributed by atoms with Gasteiger partial charge in [0, 0.05) is 18.7 Å². The van der Waals surface area contributed by atoms with E-state index in [4.69, 9.17) is 0 Å². The van der Waals surface area contributed by atoms with Crippen molar-refractivity contribution in [2.24, 2.45) is 7.05 Å². The van der Waals surface area contributed by atoms with E-state index < -0.39 is 0 Å². The first kappa shape index (κ1) is 9.97. The molecule has 0 aliphatic rings. The lowest BCUT2D eigenvalue weighted by Crippen LogP contribution is -2.19. The normalized spacial score (nSPS) is 11.7. The maximum atomic E-state index is 4.43. The van der Waals surface area contributed by atoms with Crippen LogP contribution in [-0.4, -0.2) is 9.55 Å². The number of nitrogens with zero attached hydrogens (tertiary/aromatic N) is 2. The van der Waals surface area contributed by atoms with E-state index in [0.29, 0.717) is 0 Å². The molecule has 0 spiro atoms. The van der Waals surface area contributed by atoms with Crippen molar-refractivity contribution in [3.8, 4) is 0 Å². The molecule has 0 aliphatic heterocycles. The van der Waals surface area contributed by atoms with Crippen LogP contribution in [0.2, 0.25) is 0 Å². The van der Waals surface area contributed by atoms with Crippen molar-refractivity contribution < 1.29 is 0 Å². The monoisotopic (exact) mass is 200 g/mol. The second-order valence-corrected chi connectivity index (χ2v) is 4.42. The Morgan fingerprint density at radius 2 is 1.80 bits per heavy atom. The van der Waals surface area contributed by atoms with Crippen molar-refractivity contribution in [3.05, 3.63) is 54.1 Å². The maximum absolute atomic E-state index is 4.43. The van der Waals surface area contributed by atoms with Crippen LogP contribution in [0.25, 0.3) is 0 Å². The maximum Gasteiger partial charge on any atom is 0.0947 e. The van der Waals surface area contributed by atoms with Gasteiger partial charge < -0.3 is 4.57 Å². The van der Waals surface area contributed by atoms with Gasteiger partial charge >= 0.3 is 0 Å². The number of hydrogen-bond acceptors (Lipinski definition) is 1. The van der Waals surface area contributed by atoms with Gasteiger partial charge in [0.05, 0.1) is 12.0 Å². The third-order valence-corrected chi connectivity index (χ3v) is 2.84. The van der Waals surface area contributed by atoms with Crippen LogP contribution in [0, 0.1) is 0 Å². The molecule has 0 saturated heterocycles. The van der Waals surface area contributed by atoms with Gasteiger partial charge in [-0.1, -0.05) is 44.2 Å². The third-order valence-electron chi connectivity index (χ3n) is 2.84. The Balaban J connectivity index is 2.43. The summed E-state index contributed by atoms with van der Waals surface area (Å²) in [5.74, 6) is 0. The molecule has 0 atom stereocenters. The Morgan fingerprint density at radius 1 is 1.13 bits per heavy atom. The number of aromatic nitrogens is 2. The predicted octanol–water partition coefficient (Wildman–Crippen LogP) is 2.75. The summed E-state index contributed by atoms with van der Waals surface area (Å²) >= 11 is 0. The van der Waals surface area contributed by atoms with Gasteiger partial charge in [0.1, 0.15) is 0 Å². The van der Waals surface area contributed by atoms with E-state index >= 15 is 0 Å². The molecular weight excluding hydrogens is 184 g/mol. The van der Waals surface area contributed by atoms with Crippen molar-refractivity contribution in [2.75, 3.05) is 0 Å². The first-order chi connectivity index (χ1) is 7.10. The lowest BCUT2D eigenvalue weighted by atomic mass is 9.82. The van der Waals surface area contributed by atoms with E-state index in [1.807, 2.05) is 24.0 Å². The zero-order valence-electron chi connectivity index (χ0n) is 9.44. The van der Waals surface area contributed by atoms with E-state index in [2.05, 4.69) is 49.3 Å². The van der Waals surface area contributed by atoms with Gasteiger partial charge in [-0.3, -0.25) is 0 Å². The molecule has 2 nitrogen and oxygen atoms in total. The summed E-state index contributed by atoms with van der Waals surface area (Å²) in [6.45, 7) is 4.40. The van der Waals surface area contributed by atoms with Crippen LogP contribution in [0.15, 0.2) is 42.9 Å². The molecule has 1 heterocycles. The van der Waals surface area contributed by atoms with Crippen molar-refractivity contribution in [1.29, 1.82) is 0 Å². The molecule has 2 rings (SSSR count). The van der Waals surface area contributed by atoms with Crippen molar-refractivity contribution >= 4 is 0 Å². The van der Waals surface area contributed by atoms with Gasteiger partial charge in [-0.2, -0.15) is 0 Å². The van der Waals surface area contributed by atoms with Crippen LogP contribution in [0.4, 0.5) is 0 Å². The number of rotatable bonds is 2. The highest BCUT2D eigenvalue weighted by Gasteiger charge is 2.24. The van der Waals surface area contributed by atoms with Gasteiger partial charge in [0.2, 0.25) is 0 Å². The Hall–Kier alpha value is -1.57. The molecule has 1 aromatic heterocycles. The average molecular weight is 200 g/mol. The molecule has 15 heavy (non-hydrogen) atoms. The fourth-order valence-electron chi connectivity index (χ4n) is 1.74. The summed E-state index contributed by atoms with van der Waals surface area (Å²) in [6, 6.07) is 10.5. The molecule has 0 amide bonds. The topological polar surface area (TPSA) is 17.8 Å². The highest BCUT2D eigenvalue weighted by molar-refractivity contribution is 5.32. The van der Waals surface area contributed by atoms with E-state index in [1.165, 1.54) is 5.56 Å². The number of imidazole rings is 1. The molecule has 0 aliphatic carbocycles. The van der Waals surface area contributed by atoms with Gasteiger partial charge in [0.25, 0.3) is 0 Å². The Bertz CT molecular complexity index is 441. The Labute approximate surface area is 90.6 Å². The first-order valence-electron chi connectivity index (χ1n) is 5.14. The van der Waals surface area contributed by atoms with Crippen LogP contribution in [0.3, 0.4) is 0 Å². The molecule has 2 heteroatoms. The van der Waals surface area contributed by atoms with Gasteiger partial charge in [0.15, 0.2) is 0 Å². The molecule has 2 aromatic rings. The molecule has 0 unspecified atom stereocenters. The van der Waals surface area contributed by atoms with Crippen LogP contribution in [-0.2, 0) is 12.5 Å². The summed E-state index contributed by atoms with van der Waals surface area (Å²) < 4.78 is 1.99. The second-order valence-electron chi connectivity index (χ2n) is 4.42. The van der Waals surface area contributed by atoms with E-state index in [-0.39, 0.29) is 5.41 Å². The van der Waals surface area contributed by atoms with Gasteiger partial charge in [-0.05, 0) is 5.56 Å². The molecule has 78 valence electrons. The minimum Gasteiger partial charge on any atom is -0.340 e. The third kappa shape index (κ3) is 1.80. The second kappa shape index (κ2) is 3.54. The standard InChI is InChI=1S/C13H16N2/c1-13(2,11-7-5-4-6-8-11)12-9-15(3)10-14-12/h4-10H,1-3H3. The van der Waals surface area contributed by atoms with E-state index in [0.717, 1.165) is 5.69 Å². The Morgan fingerprint density at radius 3 is 2.33 bits per heavy atom. The predicted molar refractivity (Wildman–Crippen MR) is 61.8 cm³/mol. The highest BCUT2D eigenvalue weighted by Crippen LogP contribution is 2.29. The molecule has 0 bridgehead atoms. The van der Waals surface area contributed by atoms with Gasteiger partial charge in [-0.25, -0.2) is 4.98 Å². The van der Waals surface area contributed by atoms with Crippen LogP contribution in [0.1, 0.15) is 25.1 Å². The smallest absolute Gasteiger partial charge is 0.0947 e. The van der Waals surface area contributed by atoms with Crippen molar-refractivity contribution in [3.63, 3.8) is 0 Å². The molecule has 0 N–H and O–H groups in total. The molecule has 0 fully saturated rings. The van der Waals surface area contributed by atoms with Crippen molar-refractivity contribution in [2.45, 2.75) is 19.3 Å². The van der Waals surface area contributed by atoms with Crippen molar-refractivity contribution in [1.82, 2.24) is 9.55 Å². The fourth-order valence-corrected chi connectivity index (χ4v) is 1.74. The largest absolute Gasteiger partial charge is 0.340 e. The summed E-state index contributed by atoms with van der Waals surface area (Å²) in [5.41, 5.74) is 2.38. The van der Waals surface area contributed by atoms with Crippen LogP contribution < -0.4 is 0 Å². The SMILES string of the molecule is Cn1cnc(C(C)(C)c2ccccc2)c1. The summed E-state index contributed by atoms with van der Waals surface area (Å²) in [6.07, 6.45) is 3.92.